The molecule has 1 saturated heterocycles. The Morgan fingerprint density at radius 1 is 0.609 bits per heavy atom. The summed E-state index contributed by atoms with van der Waals surface area (Å²) < 4.78 is 0. The third-order valence-corrected chi connectivity index (χ3v) is 16.3. The molecule has 87 heavy (non-hydrogen) atoms. The third-order valence-electron chi connectivity index (χ3n) is 13.6. The minimum absolute atomic E-state index is 0.0416. The zero-order valence-electron chi connectivity index (χ0n) is 47.7. The number of phenols is 2. The number of unbranched alkanes of at least 4 members (excludes halogenated alkanes) is 1. The number of benzene rings is 4. The highest BCUT2D eigenvalue weighted by atomic mass is 35.5. The van der Waals surface area contributed by atoms with Crippen LogP contribution < -0.4 is 65.1 Å². The van der Waals surface area contributed by atoms with E-state index in [2.05, 4.69) is 47.9 Å². The van der Waals surface area contributed by atoms with Crippen LogP contribution in [0.15, 0.2) is 97.1 Å². The van der Waals surface area contributed by atoms with E-state index >= 15 is 0 Å². The summed E-state index contributed by atoms with van der Waals surface area (Å²) in [5.74, 6) is -11.0. The molecule has 26 nitrogen and oxygen atoms in total. The number of rotatable bonds is 24. The number of amides is 11. The number of nitrogens with one attached hydrogen (secondary N) is 9. The number of nitrogens with two attached hydrogens (primary N) is 3. The summed E-state index contributed by atoms with van der Waals surface area (Å²) in [7, 11) is 3.49. The molecule has 1 fully saturated rings. The van der Waals surface area contributed by atoms with E-state index in [1.54, 1.807) is 31.3 Å². The quantitative estimate of drug-likeness (QED) is 0.0293. The first-order valence-corrected chi connectivity index (χ1v) is 30.5. The van der Waals surface area contributed by atoms with Gasteiger partial charge in [-0.1, -0.05) is 81.7 Å². The van der Waals surface area contributed by atoms with Crippen LogP contribution in [0, 0.1) is 0 Å². The van der Waals surface area contributed by atoms with Crippen LogP contribution >= 0.6 is 33.2 Å². The van der Waals surface area contributed by atoms with Gasteiger partial charge in [0.2, 0.25) is 65.0 Å². The third kappa shape index (κ3) is 23.4. The molecule has 0 aromatic heterocycles. The van der Waals surface area contributed by atoms with Crippen molar-refractivity contribution in [1.29, 1.82) is 0 Å². The molecule has 0 spiro atoms. The van der Waals surface area contributed by atoms with Gasteiger partial charge in [-0.05, 0) is 111 Å². The molecule has 11 amide bonds. The normalized spacial score (nSPS) is 20.1. The monoisotopic (exact) mass is 1260 g/mol. The van der Waals surface area contributed by atoms with Crippen molar-refractivity contribution >= 4 is 98.2 Å². The van der Waals surface area contributed by atoms with E-state index in [1.807, 2.05) is 0 Å². The van der Waals surface area contributed by atoms with E-state index in [-0.39, 0.29) is 67.1 Å². The predicted molar refractivity (Wildman–Crippen MR) is 325 cm³/mol. The Hall–Kier alpha value is -8.44. The van der Waals surface area contributed by atoms with Gasteiger partial charge in [0.05, 0.1) is 6.10 Å². The molecule has 0 radical (unpaired) electrons. The van der Waals surface area contributed by atoms with E-state index < -0.39 is 126 Å². The maximum Gasteiger partial charge on any atom is 0.248 e. The van der Waals surface area contributed by atoms with Crippen LogP contribution in [0.5, 0.6) is 11.5 Å². The van der Waals surface area contributed by atoms with Crippen LogP contribution in [-0.4, -0.2) is 160 Å². The Kier molecular flexibility index (Phi) is 27.6. The molecular weight excluding hydrogens is 1190 g/mol. The zero-order valence-corrected chi connectivity index (χ0v) is 50.1. The highest BCUT2D eigenvalue weighted by molar-refractivity contribution is 8.76. The lowest BCUT2D eigenvalue weighted by molar-refractivity contribution is -0.136. The average molecular weight is 1260 g/mol. The molecule has 0 bridgehead atoms. The highest BCUT2D eigenvalue weighted by Crippen LogP contribution is 2.25. The number of aliphatic hydroxyl groups excluding tert-OH is 1. The van der Waals surface area contributed by atoms with E-state index in [1.165, 1.54) is 79.7 Å². The first-order chi connectivity index (χ1) is 41.4. The lowest BCUT2D eigenvalue weighted by Crippen LogP contribution is -2.62. The Labute approximate surface area is 514 Å². The van der Waals surface area contributed by atoms with Crippen LogP contribution in [0.4, 0.5) is 0 Å². The first-order valence-electron chi connectivity index (χ1n) is 27.6. The van der Waals surface area contributed by atoms with Crippen molar-refractivity contribution in [2.24, 2.45) is 17.2 Å². The van der Waals surface area contributed by atoms with Crippen molar-refractivity contribution in [3.05, 3.63) is 130 Å². The summed E-state index contributed by atoms with van der Waals surface area (Å²) in [6.07, 6.45) is -2.52. The van der Waals surface area contributed by atoms with Gasteiger partial charge in [0, 0.05) is 60.6 Å². The van der Waals surface area contributed by atoms with Crippen molar-refractivity contribution in [2.45, 2.75) is 119 Å². The number of primary amides is 3. The van der Waals surface area contributed by atoms with Crippen molar-refractivity contribution in [3.63, 3.8) is 0 Å². The minimum Gasteiger partial charge on any atom is -0.508 e. The Morgan fingerprint density at radius 3 is 1.66 bits per heavy atom. The number of phenolic OH excluding ortho intramolecular Hbond substituents is 2. The maximum atomic E-state index is 15.0. The van der Waals surface area contributed by atoms with Gasteiger partial charge in [0.15, 0.2) is 0 Å². The molecule has 0 saturated carbocycles. The second-order valence-electron chi connectivity index (χ2n) is 20.6. The predicted octanol–water partition coefficient (Wildman–Crippen LogP) is -1.08. The molecule has 18 N–H and O–H groups in total. The summed E-state index contributed by atoms with van der Waals surface area (Å²) in [5, 5.41) is 55.4. The summed E-state index contributed by atoms with van der Waals surface area (Å²) in [5.41, 5.74) is 18.5. The summed E-state index contributed by atoms with van der Waals surface area (Å²) in [6.45, 7) is 1.70. The van der Waals surface area contributed by atoms with Gasteiger partial charge >= 0.3 is 0 Å². The van der Waals surface area contributed by atoms with Crippen LogP contribution in [0.2, 0.25) is 5.02 Å². The van der Waals surface area contributed by atoms with Gasteiger partial charge in [-0.3, -0.25) is 52.7 Å². The fourth-order valence-corrected chi connectivity index (χ4v) is 11.2. The number of halogens is 1. The van der Waals surface area contributed by atoms with Crippen LogP contribution in [0.25, 0.3) is 0 Å². The van der Waals surface area contributed by atoms with Gasteiger partial charge < -0.3 is 80.4 Å². The molecule has 4 aromatic rings. The minimum atomic E-state index is -1.79. The van der Waals surface area contributed by atoms with Gasteiger partial charge in [-0.2, -0.15) is 0 Å². The first kappa shape index (κ1) is 69.3. The molecule has 468 valence electrons. The van der Waals surface area contributed by atoms with E-state index in [9.17, 15) is 68.1 Å². The van der Waals surface area contributed by atoms with Gasteiger partial charge in [0.1, 0.15) is 59.8 Å². The maximum absolute atomic E-state index is 15.0. The van der Waals surface area contributed by atoms with Gasteiger partial charge in [-0.25, -0.2) is 0 Å². The lowest BCUT2D eigenvalue weighted by atomic mass is 10.00. The van der Waals surface area contributed by atoms with Gasteiger partial charge in [-0.15, -0.1) is 0 Å². The van der Waals surface area contributed by atoms with Gasteiger partial charge in [0.25, 0.3) is 0 Å². The number of carbonyl (C=O) groups excluding carboxylic acids is 11. The zero-order chi connectivity index (χ0) is 63.7. The number of hydrogen-bond donors (Lipinski definition) is 15. The average Bonchev–Trinajstić information content (AvgIpc) is 2.44. The standard InChI is InChI=1S/C58H73ClN12O14S2/c1-31(72)49-58(85)70-46(56(83)66-41(51(62)78)25-34-10-18-38(73)19-11-34)30-87-86-29-45(69-53(80)42(64-48(76)23-22-47(60)75)26-33-8-16-37(59)17-9-33)57(84)68-44(28-35-12-20-39(74)21-13-35)55(82)67-43(27-32-6-14-36(15-7-32)50(61)77)54(81)65-40(52(79)71-49)5-3-4-24-63-2/h6-21,31,40-46,49,63,72-74H,3-5,22-30H2,1-2H3,(H2,60,75)(H2,61,77)(H2,62,78)(H,64,76)(H,65,81)(H,66,83)(H,67,82)(H,68,84)(H,69,80)(H,70,85)(H,71,79)/t31-,40+,41-,42+,43-,44+,45-,46+,49+/m1/s1. The van der Waals surface area contributed by atoms with Crippen molar-refractivity contribution in [3.8, 4) is 11.5 Å². The molecule has 5 rings (SSSR count). The molecular formula is C58H73ClN12O14S2. The number of aliphatic hydroxyl groups is 1. The van der Waals surface area contributed by atoms with Crippen molar-refractivity contribution in [2.75, 3.05) is 25.1 Å². The van der Waals surface area contributed by atoms with Crippen LogP contribution in [0.1, 0.15) is 71.6 Å². The molecule has 4 aromatic carbocycles. The van der Waals surface area contributed by atoms with Crippen molar-refractivity contribution < 1.29 is 68.1 Å². The number of hydrogen-bond acceptors (Lipinski definition) is 17. The molecule has 0 unspecified atom stereocenters. The second kappa shape index (κ2) is 34.6. The Balaban J connectivity index is 1.63. The highest BCUT2D eigenvalue weighted by Gasteiger charge is 2.37. The molecule has 29 heteroatoms. The molecule has 0 aliphatic carbocycles. The molecule has 1 heterocycles. The van der Waals surface area contributed by atoms with E-state index in [4.69, 9.17) is 28.8 Å². The largest absolute Gasteiger partial charge is 0.508 e. The summed E-state index contributed by atoms with van der Waals surface area (Å²) in [4.78, 5) is 152. The smallest absolute Gasteiger partial charge is 0.248 e. The molecule has 1 aliphatic rings. The molecule has 1 aliphatic heterocycles. The van der Waals surface area contributed by atoms with E-state index in [0.29, 0.717) is 46.7 Å². The summed E-state index contributed by atoms with van der Waals surface area (Å²) in [6, 6.07) is 11.0. The van der Waals surface area contributed by atoms with E-state index in [0.717, 1.165) is 21.6 Å². The lowest BCUT2D eigenvalue weighted by Gasteiger charge is -2.29. The fourth-order valence-electron chi connectivity index (χ4n) is 8.79. The Morgan fingerprint density at radius 2 is 1.11 bits per heavy atom. The Bertz CT molecular complexity index is 3060. The summed E-state index contributed by atoms with van der Waals surface area (Å²) >= 11 is 6.15. The number of carbonyl (C=O) groups is 11. The fraction of sp³-hybridized carbons (Fsp3) is 0.397. The van der Waals surface area contributed by atoms with Crippen molar-refractivity contribution in [1.82, 2.24) is 47.9 Å². The van der Waals surface area contributed by atoms with Crippen LogP contribution in [-0.2, 0) is 73.6 Å². The molecule has 9 atom stereocenters. The number of aromatic hydroxyl groups is 2. The topological polar surface area (TPSA) is 435 Å². The second-order valence-corrected chi connectivity index (χ2v) is 23.6. The van der Waals surface area contributed by atoms with Crippen LogP contribution in [0.3, 0.4) is 0 Å². The SMILES string of the molecule is CNCCCC[C@@H]1NC(=O)[C@@H](Cc2ccc(C(N)=O)cc2)NC(=O)[C@H](Cc2ccc(O)cc2)NC(=O)[C@H](NC(=O)[C@H](Cc2ccc(Cl)cc2)NC(=O)CCC(N)=O)CSSC[C@@H](C(=O)N[C@H](Cc2ccc(O)cc2)C(N)=O)NC(=O)[C@H]([C@@H](C)O)NC1=O.